The summed E-state index contributed by atoms with van der Waals surface area (Å²) < 4.78 is 21.8. The highest BCUT2D eigenvalue weighted by Crippen LogP contribution is 2.36. The van der Waals surface area contributed by atoms with Crippen molar-refractivity contribution in [2.24, 2.45) is 5.16 Å². The van der Waals surface area contributed by atoms with Crippen LogP contribution in [0.4, 0.5) is 0 Å². The number of hydrogen-bond acceptors (Lipinski definition) is 6. The molecule has 0 unspecified atom stereocenters. The zero-order valence-electron chi connectivity index (χ0n) is 13.4. The molecule has 0 spiro atoms. The van der Waals surface area contributed by atoms with Crippen LogP contribution in [0.2, 0.25) is 5.02 Å². The van der Waals surface area contributed by atoms with Crippen molar-refractivity contribution in [3.8, 4) is 23.0 Å². The molecule has 0 atom stereocenters. The number of hydrogen-bond donors (Lipinski definition) is 1. The molecule has 0 aliphatic rings. The first-order valence-electron chi connectivity index (χ1n) is 7.13. The summed E-state index contributed by atoms with van der Waals surface area (Å²) in [5, 5.41) is 11.9. The molecule has 0 amide bonds. The van der Waals surface area contributed by atoms with Gasteiger partial charge in [0.1, 0.15) is 13.2 Å². The van der Waals surface area contributed by atoms with Crippen molar-refractivity contribution in [1.29, 1.82) is 0 Å². The van der Waals surface area contributed by atoms with E-state index in [0.717, 1.165) is 0 Å². The molecule has 0 aliphatic heterocycles. The summed E-state index contributed by atoms with van der Waals surface area (Å²) in [6.07, 6.45) is 1.25. The summed E-state index contributed by atoms with van der Waals surface area (Å²) in [4.78, 5) is 0. The summed E-state index contributed by atoms with van der Waals surface area (Å²) in [6.45, 7) is 0.571. The third-order valence-corrected chi connectivity index (χ3v) is 3.40. The number of nitrogens with zero attached hydrogens (tertiary/aromatic N) is 1. The van der Waals surface area contributed by atoms with Crippen LogP contribution in [0.3, 0.4) is 0 Å². The van der Waals surface area contributed by atoms with Crippen LogP contribution in [0.1, 0.15) is 5.56 Å². The molecule has 0 bridgehead atoms. The third-order valence-electron chi connectivity index (χ3n) is 3.11. The Labute approximate surface area is 145 Å². The summed E-state index contributed by atoms with van der Waals surface area (Å²) >= 11 is 6.18. The van der Waals surface area contributed by atoms with E-state index >= 15 is 0 Å². The Kier molecular flexibility index (Phi) is 6.57. The first-order chi connectivity index (χ1) is 11.7. The van der Waals surface area contributed by atoms with E-state index in [4.69, 9.17) is 35.8 Å². The maximum Gasteiger partial charge on any atom is 0.179 e. The van der Waals surface area contributed by atoms with E-state index in [9.17, 15) is 0 Å². The molecule has 0 aliphatic carbocycles. The van der Waals surface area contributed by atoms with E-state index in [-0.39, 0.29) is 6.61 Å². The van der Waals surface area contributed by atoms with Crippen LogP contribution in [0.25, 0.3) is 0 Å². The van der Waals surface area contributed by atoms with Gasteiger partial charge in [-0.1, -0.05) is 28.9 Å². The topological polar surface area (TPSA) is 69.5 Å². The maximum absolute atomic E-state index is 8.60. The van der Waals surface area contributed by atoms with Gasteiger partial charge >= 0.3 is 0 Å². The Morgan fingerprint density at radius 2 is 1.67 bits per heavy atom. The lowest BCUT2D eigenvalue weighted by Crippen LogP contribution is -2.10. The van der Waals surface area contributed by atoms with Crippen LogP contribution >= 0.6 is 11.6 Å². The number of ether oxygens (including phenoxy) is 4. The normalized spacial score (nSPS) is 10.6. The zero-order chi connectivity index (χ0) is 17.4. The number of halogens is 1. The molecule has 0 saturated heterocycles. The van der Waals surface area contributed by atoms with Crippen molar-refractivity contribution in [3.05, 3.63) is 47.0 Å². The zero-order valence-corrected chi connectivity index (χ0v) is 14.1. The van der Waals surface area contributed by atoms with Crippen LogP contribution in [0, 0.1) is 0 Å². The van der Waals surface area contributed by atoms with Crippen LogP contribution in [0.5, 0.6) is 23.0 Å². The summed E-state index contributed by atoms with van der Waals surface area (Å²) in [5.41, 5.74) is 0.594. The standard InChI is InChI=1S/C17H18ClNO5/c1-21-14-5-3-4-6-15(14)23-7-8-24-17-13(18)9-12(11-19-20)10-16(17)22-2/h3-6,9-11,20H,7-8H2,1-2H3. The van der Waals surface area contributed by atoms with Gasteiger partial charge in [0.2, 0.25) is 0 Å². The van der Waals surface area contributed by atoms with E-state index in [1.807, 2.05) is 24.3 Å². The van der Waals surface area contributed by atoms with Gasteiger partial charge in [-0.3, -0.25) is 0 Å². The Morgan fingerprint density at radius 3 is 2.33 bits per heavy atom. The largest absolute Gasteiger partial charge is 0.493 e. The molecule has 2 rings (SSSR count). The van der Waals surface area contributed by atoms with Gasteiger partial charge in [-0.05, 0) is 24.3 Å². The summed E-state index contributed by atoms with van der Waals surface area (Å²) in [6, 6.07) is 10.6. The van der Waals surface area contributed by atoms with Crippen molar-refractivity contribution in [1.82, 2.24) is 0 Å². The summed E-state index contributed by atoms with van der Waals surface area (Å²) in [7, 11) is 3.09. The SMILES string of the molecule is COc1ccccc1OCCOc1c(Cl)cc(C=NO)cc1OC. The van der Waals surface area contributed by atoms with Crippen LogP contribution in [0.15, 0.2) is 41.6 Å². The van der Waals surface area contributed by atoms with Gasteiger partial charge < -0.3 is 24.2 Å². The molecule has 0 fully saturated rings. The molecule has 128 valence electrons. The van der Waals surface area contributed by atoms with E-state index in [0.29, 0.717) is 40.2 Å². The molecule has 2 aromatic rings. The van der Waals surface area contributed by atoms with Crippen molar-refractivity contribution in [2.75, 3.05) is 27.4 Å². The highest BCUT2D eigenvalue weighted by Gasteiger charge is 2.12. The fourth-order valence-electron chi connectivity index (χ4n) is 2.05. The van der Waals surface area contributed by atoms with Crippen molar-refractivity contribution in [3.63, 3.8) is 0 Å². The van der Waals surface area contributed by atoms with E-state index < -0.39 is 0 Å². The lowest BCUT2D eigenvalue weighted by molar-refractivity contribution is 0.206. The Bertz CT molecular complexity index is 705. The highest BCUT2D eigenvalue weighted by molar-refractivity contribution is 6.32. The fourth-order valence-corrected chi connectivity index (χ4v) is 2.33. The van der Waals surface area contributed by atoms with Gasteiger partial charge in [-0.15, -0.1) is 0 Å². The van der Waals surface area contributed by atoms with E-state index in [1.54, 1.807) is 19.2 Å². The fraction of sp³-hybridized carbons (Fsp3) is 0.235. The summed E-state index contributed by atoms with van der Waals surface area (Å²) in [5.74, 6) is 2.13. The second kappa shape index (κ2) is 8.88. The smallest absolute Gasteiger partial charge is 0.179 e. The third kappa shape index (κ3) is 4.45. The number of benzene rings is 2. The molecular formula is C17H18ClNO5. The van der Waals surface area contributed by atoms with E-state index in [1.165, 1.54) is 13.3 Å². The molecule has 6 nitrogen and oxygen atoms in total. The van der Waals surface area contributed by atoms with Crippen LogP contribution < -0.4 is 18.9 Å². The number of rotatable bonds is 8. The minimum absolute atomic E-state index is 0.265. The molecule has 1 N–H and O–H groups in total. The van der Waals surface area contributed by atoms with Crippen molar-refractivity contribution < 1.29 is 24.2 Å². The lowest BCUT2D eigenvalue weighted by atomic mass is 10.2. The Hall–Kier alpha value is -2.60. The van der Waals surface area contributed by atoms with Crippen molar-refractivity contribution >= 4 is 17.8 Å². The molecule has 0 heterocycles. The molecular weight excluding hydrogens is 334 g/mol. The first kappa shape index (κ1) is 17.7. The predicted octanol–water partition coefficient (Wildman–Crippen LogP) is 3.62. The Balaban J connectivity index is 1.99. The second-order valence-corrected chi connectivity index (χ2v) is 5.03. The number of para-hydroxylation sites is 2. The molecule has 2 aromatic carbocycles. The molecule has 24 heavy (non-hydrogen) atoms. The van der Waals surface area contributed by atoms with Crippen LogP contribution in [-0.4, -0.2) is 38.9 Å². The number of oxime groups is 1. The average Bonchev–Trinajstić information content (AvgIpc) is 2.60. The van der Waals surface area contributed by atoms with Crippen molar-refractivity contribution in [2.45, 2.75) is 0 Å². The van der Waals surface area contributed by atoms with Gasteiger partial charge in [-0.2, -0.15) is 0 Å². The van der Waals surface area contributed by atoms with E-state index in [2.05, 4.69) is 5.16 Å². The molecule has 0 radical (unpaired) electrons. The molecule has 0 saturated carbocycles. The van der Waals surface area contributed by atoms with Gasteiger partial charge in [-0.25, -0.2) is 0 Å². The molecule has 7 heteroatoms. The highest BCUT2D eigenvalue weighted by atomic mass is 35.5. The minimum Gasteiger partial charge on any atom is -0.493 e. The average molecular weight is 352 g/mol. The monoisotopic (exact) mass is 351 g/mol. The van der Waals surface area contributed by atoms with Gasteiger partial charge in [0.25, 0.3) is 0 Å². The minimum atomic E-state index is 0.265. The quantitative estimate of drug-likeness (QED) is 0.340. The van der Waals surface area contributed by atoms with Gasteiger partial charge in [0.15, 0.2) is 23.0 Å². The Morgan fingerprint density at radius 1 is 1.00 bits per heavy atom. The first-order valence-corrected chi connectivity index (χ1v) is 7.51. The predicted molar refractivity (Wildman–Crippen MR) is 91.4 cm³/mol. The second-order valence-electron chi connectivity index (χ2n) is 4.63. The van der Waals surface area contributed by atoms with Gasteiger partial charge in [0.05, 0.1) is 25.5 Å². The lowest BCUT2D eigenvalue weighted by Gasteiger charge is -2.14. The maximum atomic E-state index is 8.60. The van der Waals surface area contributed by atoms with Gasteiger partial charge in [0, 0.05) is 5.56 Å². The van der Waals surface area contributed by atoms with Crippen LogP contribution in [-0.2, 0) is 0 Å². The number of methoxy groups -OCH3 is 2. The molecule has 0 aromatic heterocycles.